The summed E-state index contributed by atoms with van der Waals surface area (Å²) in [7, 11) is 5.63. The molecule has 0 amide bonds. The molecule has 0 aliphatic rings. The van der Waals surface area contributed by atoms with E-state index in [1.807, 2.05) is 6.92 Å². The molecule has 2 radical (unpaired) electrons. The highest BCUT2D eigenvalue weighted by Gasteiger charge is 2.11. The van der Waals surface area contributed by atoms with E-state index in [1.54, 1.807) is 18.3 Å². The molecule has 5 heteroatoms. The minimum atomic E-state index is -0.327. The predicted octanol–water partition coefficient (Wildman–Crippen LogP) is 0.883. The van der Waals surface area contributed by atoms with Crippen molar-refractivity contribution < 1.29 is 9.50 Å². The molecule has 2 aromatic rings. The van der Waals surface area contributed by atoms with Crippen LogP contribution in [0.1, 0.15) is 24.1 Å². The fourth-order valence-electron chi connectivity index (χ4n) is 1.96. The zero-order valence-electron chi connectivity index (χ0n) is 10.5. The number of aliphatic hydroxyl groups is 1. The Balaban J connectivity index is 2.49. The van der Waals surface area contributed by atoms with Crippen LogP contribution in [-0.4, -0.2) is 17.5 Å². The molecule has 0 spiro atoms. The molecule has 19 heavy (non-hydrogen) atoms. The highest BCUT2D eigenvalue weighted by Crippen LogP contribution is 2.16. The van der Waals surface area contributed by atoms with E-state index in [0.717, 1.165) is 5.56 Å². The first-order valence-electron chi connectivity index (χ1n) is 5.89. The first-order chi connectivity index (χ1) is 9.02. The van der Waals surface area contributed by atoms with E-state index in [4.69, 9.17) is 13.0 Å². The van der Waals surface area contributed by atoms with Crippen molar-refractivity contribution in [3.05, 3.63) is 63.8 Å². The van der Waals surface area contributed by atoms with Crippen molar-refractivity contribution in [3.63, 3.8) is 0 Å². The van der Waals surface area contributed by atoms with Crippen LogP contribution in [0.3, 0.4) is 0 Å². The summed E-state index contributed by atoms with van der Waals surface area (Å²) in [6.07, 6.45) is 1.56. The van der Waals surface area contributed by atoms with Crippen LogP contribution < -0.4 is 11.0 Å². The van der Waals surface area contributed by atoms with Gasteiger partial charge in [0, 0.05) is 6.20 Å². The normalized spacial score (nSPS) is 12.4. The van der Waals surface area contributed by atoms with Gasteiger partial charge in [-0.25, -0.2) is 4.39 Å². The fourth-order valence-corrected chi connectivity index (χ4v) is 1.96. The van der Waals surface area contributed by atoms with Crippen molar-refractivity contribution in [2.24, 2.45) is 0 Å². The first kappa shape index (κ1) is 13.6. The molecule has 1 aromatic carbocycles. The van der Waals surface area contributed by atoms with Crippen LogP contribution >= 0.6 is 0 Å². The number of aromatic nitrogens is 1. The van der Waals surface area contributed by atoms with Crippen molar-refractivity contribution in [1.82, 2.24) is 4.57 Å². The van der Waals surface area contributed by atoms with Crippen LogP contribution in [0.4, 0.5) is 4.39 Å². The van der Waals surface area contributed by atoms with E-state index in [0.29, 0.717) is 5.56 Å². The smallest absolute Gasteiger partial charge is 0.243 e. The highest BCUT2D eigenvalue weighted by atomic mass is 19.1. The summed E-state index contributed by atoms with van der Waals surface area (Å²) in [5.41, 5.74) is 1.11. The van der Waals surface area contributed by atoms with Crippen LogP contribution in [0.2, 0.25) is 0 Å². The molecule has 0 saturated heterocycles. The van der Waals surface area contributed by atoms with Gasteiger partial charge < -0.3 is 9.67 Å². The van der Waals surface area contributed by atoms with E-state index in [1.165, 1.54) is 22.8 Å². The number of benzene rings is 1. The average Bonchev–Trinajstić information content (AvgIpc) is 2.41. The second kappa shape index (κ2) is 5.40. The van der Waals surface area contributed by atoms with Crippen LogP contribution in [0.15, 0.2) is 41.3 Å². The van der Waals surface area contributed by atoms with Crippen LogP contribution in [-0.2, 0) is 6.61 Å². The molecule has 0 aliphatic heterocycles. The van der Waals surface area contributed by atoms with Crippen molar-refractivity contribution in [2.45, 2.75) is 19.6 Å². The number of pyridine rings is 1. The van der Waals surface area contributed by atoms with Gasteiger partial charge in [-0.05, 0) is 35.6 Å². The Hall–Kier alpha value is -1.88. The standard InChI is InChI=1S/C14H13BFNO2/c1-9(11-2-4-12(16)5-3-11)17-7-10(8-18)6-13(15)14(17)19/h2-7,9,18H,8H2,1H3. The zero-order valence-corrected chi connectivity index (χ0v) is 10.5. The Morgan fingerprint density at radius 2 is 2.00 bits per heavy atom. The summed E-state index contributed by atoms with van der Waals surface area (Å²) >= 11 is 0. The Morgan fingerprint density at radius 3 is 2.58 bits per heavy atom. The van der Waals surface area contributed by atoms with E-state index in [2.05, 4.69) is 0 Å². The zero-order chi connectivity index (χ0) is 14.0. The number of rotatable bonds is 3. The van der Waals surface area contributed by atoms with Gasteiger partial charge in [-0.15, -0.1) is 0 Å². The molecular formula is C14H13BFNO2. The number of aliphatic hydroxyl groups excluding tert-OH is 1. The average molecular weight is 257 g/mol. The minimum Gasteiger partial charge on any atom is -0.392 e. The Bertz CT molecular complexity index is 637. The second-order valence-electron chi connectivity index (χ2n) is 4.40. The monoisotopic (exact) mass is 257 g/mol. The summed E-state index contributed by atoms with van der Waals surface area (Å²) in [5, 5.41) is 9.15. The predicted molar refractivity (Wildman–Crippen MR) is 72.2 cm³/mol. The van der Waals surface area contributed by atoms with E-state index < -0.39 is 0 Å². The molecule has 0 bridgehead atoms. The lowest BCUT2D eigenvalue weighted by molar-refractivity contribution is 0.280. The number of nitrogens with zero attached hydrogens (tertiary/aromatic N) is 1. The van der Waals surface area contributed by atoms with Crippen LogP contribution in [0, 0.1) is 5.82 Å². The van der Waals surface area contributed by atoms with E-state index >= 15 is 0 Å². The number of hydrogen-bond donors (Lipinski definition) is 1. The van der Waals surface area contributed by atoms with Gasteiger partial charge in [-0.1, -0.05) is 18.2 Å². The Kier molecular flexibility index (Phi) is 3.86. The fraction of sp³-hybridized carbons (Fsp3) is 0.214. The van der Waals surface area contributed by atoms with Crippen LogP contribution in [0.5, 0.6) is 0 Å². The van der Waals surface area contributed by atoms with Crippen molar-refractivity contribution in [1.29, 1.82) is 0 Å². The summed E-state index contributed by atoms with van der Waals surface area (Å²) in [6, 6.07) is 7.09. The molecule has 1 atom stereocenters. The third-order valence-electron chi connectivity index (χ3n) is 3.08. The SMILES string of the molecule is [B]c1cc(CO)cn(C(C)c2ccc(F)cc2)c1=O. The third-order valence-corrected chi connectivity index (χ3v) is 3.08. The molecule has 0 saturated carbocycles. The summed E-state index contributed by atoms with van der Waals surface area (Å²) in [5.74, 6) is -0.327. The third kappa shape index (κ3) is 2.76. The maximum absolute atomic E-state index is 12.9. The molecule has 1 N–H and O–H groups in total. The number of halogens is 1. The Morgan fingerprint density at radius 1 is 1.37 bits per heavy atom. The van der Waals surface area contributed by atoms with E-state index in [9.17, 15) is 9.18 Å². The molecule has 3 nitrogen and oxygen atoms in total. The summed E-state index contributed by atoms with van der Waals surface area (Å²) in [6.45, 7) is 1.62. The van der Waals surface area contributed by atoms with Crippen molar-refractivity contribution in [3.8, 4) is 0 Å². The molecule has 96 valence electrons. The topological polar surface area (TPSA) is 42.2 Å². The van der Waals surface area contributed by atoms with Gasteiger partial charge in [0.15, 0.2) is 0 Å². The van der Waals surface area contributed by atoms with Crippen LogP contribution in [0.25, 0.3) is 0 Å². The van der Waals surface area contributed by atoms with Gasteiger partial charge in [0.2, 0.25) is 5.56 Å². The molecule has 1 unspecified atom stereocenters. The maximum Gasteiger partial charge on any atom is 0.243 e. The summed E-state index contributed by atoms with van der Waals surface area (Å²) in [4.78, 5) is 12.0. The van der Waals surface area contributed by atoms with Crippen molar-refractivity contribution in [2.75, 3.05) is 0 Å². The lowest BCUT2D eigenvalue weighted by atomic mass is 9.96. The largest absolute Gasteiger partial charge is 0.392 e. The lowest BCUT2D eigenvalue weighted by Crippen LogP contribution is -2.36. The molecule has 1 heterocycles. The molecule has 2 rings (SSSR count). The van der Waals surface area contributed by atoms with Gasteiger partial charge in [-0.3, -0.25) is 4.79 Å². The van der Waals surface area contributed by atoms with Crippen molar-refractivity contribution >= 4 is 13.3 Å². The molecular weight excluding hydrogens is 244 g/mol. The Labute approximate surface area is 111 Å². The van der Waals surface area contributed by atoms with Gasteiger partial charge in [0.25, 0.3) is 0 Å². The minimum absolute atomic E-state index is 0.0838. The second-order valence-corrected chi connectivity index (χ2v) is 4.40. The molecule has 0 fully saturated rings. The van der Waals surface area contributed by atoms with Gasteiger partial charge >= 0.3 is 0 Å². The van der Waals surface area contributed by atoms with Gasteiger partial charge in [0.1, 0.15) is 13.7 Å². The number of hydrogen-bond acceptors (Lipinski definition) is 2. The molecule has 0 aliphatic carbocycles. The molecule has 1 aromatic heterocycles. The highest BCUT2D eigenvalue weighted by molar-refractivity contribution is 6.32. The van der Waals surface area contributed by atoms with E-state index in [-0.39, 0.29) is 29.5 Å². The summed E-state index contributed by atoms with van der Waals surface area (Å²) < 4.78 is 14.3. The maximum atomic E-state index is 12.9. The lowest BCUT2D eigenvalue weighted by Gasteiger charge is -2.17. The quantitative estimate of drug-likeness (QED) is 0.829. The van der Waals surface area contributed by atoms with Gasteiger partial charge in [-0.2, -0.15) is 0 Å². The first-order valence-corrected chi connectivity index (χ1v) is 5.89. The van der Waals surface area contributed by atoms with Gasteiger partial charge in [0.05, 0.1) is 12.6 Å².